The zero-order chi connectivity index (χ0) is 25.0. The topological polar surface area (TPSA) is 169 Å². The van der Waals surface area contributed by atoms with Gasteiger partial charge in [-0.3, -0.25) is 19.8 Å². The Morgan fingerprint density at radius 1 is 1.18 bits per heavy atom. The van der Waals surface area contributed by atoms with Gasteiger partial charge in [0.1, 0.15) is 5.75 Å². The van der Waals surface area contributed by atoms with Crippen molar-refractivity contribution in [2.75, 3.05) is 20.1 Å². The molecule has 2 atom stereocenters. The minimum atomic E-state index is -0.695. The van der Waals surface area contributed by atoms with Gasteiger partial charge in [-0.25, -0.2) is 0 Å². The number of aromatic hydroxyl groups is 1. The molecule has 0 saturated carbocycles. The molecule has 0 unspecified atom stereocenters. The van der Waals surface area contributed by atoms with Crippen molar-refractivity contribution < 1.29 is 19.5 Å². The van der Waals surface area contributed by atoms with Gasteiger partial charge in [0.05, 0.1) is 18.1 Å². The average molecular weight is 463 g/mol. The van der Waals surface area contributed by atoms with Gasteiger partial charge in [-0.2, -0.15) is 0 Å². The molecule has 1 amide bonds. The van der Waals surface area contributed by atoms with Crippen molar-refractivity contribution in [3.63, 3.8) is 0 Å². The van der Waals surface area contributed by atoms with E-state index in [4.69, 9.17) is 11.1 Å². The van der Waals surface area contributed by atoms with E-state index >= 15 is 0 Å². The molecule has 0 spiro atoms. The van der Waals surface area contributed by atoms with E-state index in [9.17, 15) is 19.5 Å². The van der Waals surface area contributed by atoms with E-state index in [0.29, 0.717) is 25.8 Å². The smallest absolute Gasteiger partial charge is 0.222 e. The number of nitrogens with one attached hydrogen (secondary N) is 5. The summed E-state index contributed by atoms with van der Waals surface area (Å²) in [5, 5.41) is 28.3. The lowest BCUT2D eigenvalue weighted by atomic mass is 9.98. The Hall–Kier alpha value is -2.98. The summed E-state index contributed by atoms with van der Waals surface area (Å²) in [5.41, 5.74) is 5.42. The summed E-state index contributed by atoms with van der Waals surface area (Å²) >= 11 is 0. The van der Waals surface area contributed by atoms with Crippen molar-refractivity contribution in [2.45, 2.75) is 64.1 Å². The van der Waals surface area contributed by atoms with Gasteiger partial charge in [-0.05, 0) is 64.8 Å². The number of likely N-dealkylation sites (N-methyl/N-ethyl adjacent to an activating group) is 1. The Morgan fingerprint density at radius 3 is 2.36 bits per heavy atom. The molecule has 1 aromatic rings. The minimum Gasteiger partial charge on any atom is -0.508 e. The van der Waals surface area contributed by atoms with Crippen molar-refractivity contribution in [3.05, 3.63) is 29.8 Å². The number of benzene rings is 1. The fourth-order valence-corrected chi connectivity index (χ4v) is 3.09. The Balaban J connectivity index is 2.75. The molecule has 8 N–H and O–H groups in total. The number of nitrogens with two attached hydrogens (primary N) is 1. The Bertz CT molecular complexity index is 810. The zero-order valence-corrected chi connectivity index (χ0v) is 20.0. The highest BCUT2D eigenvalue weighted by Crippen LogP contribution is 2.12. The molecule has 0 aliphatic rings. The predicted octanol–water partition coefficient (Wildman–Crippen LogP) is 0.187. The van der Waals surface area contributed by atoms with Crippen LogP contribution in [0.25, 0.3) is 0 Å². The monoisotopic (exact) mass is 462 g/mol. The standard InChI is InChI=1S/C23H38N6O4/c1-15(30)19(12-16-7-9-18(31)10-8-16)29-21(33)13-17(6-5-11-27-22(24)25)28-14-20(32)23(2,3)26-4/h7-10,17,19,26,28,31H,5-6,11-14H2,1-4H3,(H,29,33)(H4,24,25,27)/t17-,19-/m0/s1. The van der Waals surface area contributed by atoms with Crippen molar-refractivity contribution in [2.24, 2.45) is 5.73 Å². The third-order valence-electron chi connectivity index (χ3n) is 5.55. The first kappa shape index (κ1) is 28.1. The average Bonchev–Trinajstić information content (AvgIpc) is 2.75. The van der Waals surface area contributed by atoms with Crippen LogP contribution in [-0.2, 0) is 20.8 Å². The van der Waals surface area contributed by atoms with Crippen LogP contribution in [0, 0.1) is 5.41 Å². The molecule has 0 aliphatic carbocycles. The number of ketones is 2. The van der Waals surface area contributed by atoms with Crippen LogP contribution in [-0.4, -0.2) is 66.3 Å². The number of carbonyl (C=O) groups excluding carboxylic acids is 3. The Labute approximate surface area is 195 Å². The van der Waals surface area contributed by atoms with Crippen molar-refractivity contribution >= 4 is 23.4 Å². The molecule has 33 heavy (non-hydrogen) atoms. The van der Waals surface area contributed by atoms with E-state index in [2.05, 4.69) is 21.3 Å². The molecule has 0 bridgehead atoms. The van der Waals surface area contributed by atoms with Crippen LogP contribution in [0.4, 0.5) is 0 Å². The number of phenols is 1. The van der Waals surface area contributed by atoms with E-state index in [1.807, 2.05) is 0 Å². The molecule has 1 rings (SSSR count). The fourth-order valence-electron chi connectivity index (χ4n) is 3.09. The predicted molar refractivity (Wildman–Crippen MR) is 128 cm³/mol. The maximum atomic E-state index is 12.7. The van der Waals surface area contributed by atoms with Crippen LogP contribution < -0.4 is 27.0 Å². The number of rotatable bonds is 15. The van der Waals surface area contributed by atoms with Gasteiger partial charge in [0.25, 0.3) is 0 Å². The van der Waals surface area contributed by atoms with Crippen molar-refractivity contribution in [3.8, 4) is 5.75 Å². The number of guanidine groups is 1. The van der Waals surface area contributed by atoms with E-state index in [1.165, 1.54) is 19.1 Å². The molecule has 0 fully saturated rings. The SMILES string of the molecule is CNC(C)(C)C(=O)CN[C@@H](CCCNC(=N)N)CC(=O)N[C@@H](Cc1ccc(O)cc1)C(C)=O. The first-order valence-corrected chi connectivity index (χ1v) is 11.1. The first-order valence-electron chi connectivity index (χ1n) is 11.1. The zero-order valence-electron chi connectivity index (χ0n) is 20.0. The summed E-state index contributed by atoms with van der Waals surface area (Å²) in [6, 6.07) is 5.50. The van der Waals surface area contributed by atoms with Crippen LogP contribution in [0.3, 0.4) is 0 Å². The van der Waals surface area contributed by atoms with Gasteiger partial charge in [0.15, 0.2) is 17.5 Å². The second-order valence-electron chi connectivity index (χ2n) is 8.66. The number of hydrogen-bond donors (Lipinski definition) is 7. The third-order valence-corrected chi connectivity index (χ3v) is 5.55. The van der Waals surface area contributed by atoms with Crippen LogP contribution in [0.5, 0.6) is 5.75 Å². The number of carbonyl (C=O) groups is 3. The van der Waals surface area contributed by atoms with Gasteiger partial charge >= 0.3 is 0 Å². The van der Waals surface area contributed by atoms with Gasteiger partial charge in [0.2, 0.25) is 5.91 Å². The van der Waals surface area contributed by atoms with Crippen molar-refractivity contribution in [1.82, 2.24) is 21.3 Å². The van der Waals surface area contributed by atoms with Gasteiger partial charge in [-0.15, -0.1) is 0 Å². The summed E-state index contributed by atoms with van der Waals surface area (Å²) < 4.78 is 0. The summed E-state index contributed by atoms with van der Waals surface area (Å²) in [5.74, 6) is -0.497. The molecule has 10 heteroatoms. The lowest BCUT2D eigenvalue weighted by Crippen LogP contribution is -2.50. The van der Waals surface area contributed by atoms with E-state index in [0.717, 1.165) is 5.56 Å². The summed E-state index contributed by atoms with van der Waals surface area (Å²) in [6.45, 7) is 5.57. The Kier molecular flexibility index (Phi) is 11.5. The maximum Gasteiger partial charge on any atom is 0.222 e. The lowest BCUT2D eigenvalue weighted by Gasteiger charge is -2.25. The molecule has 0 radical (unpaired) electrons. The van der Waals surface area contributed by atoms with E-state index in [-0.39, 0.29) is 48.2 Å². The van der Waals surface area contributed by atoms with Crippen LogP contribution in [0.15, 0.2) is 24.3 Å². The molecule has 0 aliphatic heterocycles. The highest BCUT2D eigenvalue weighted by atomic mass is 16.3. The van der Waals surface area contributed by atoms with E-state index in [1.54, 1.807) is 33.0 Å². The number of hydrogen-bond acceptors (Lipinski definition) is 7. The fraction of sp³-hybridized carbons (Fsp3) is 0.565. The maximum absolute atomic E-state index is 12.7. The van der Waals surface area contributed by atoms with Gasteiger partial charge in [-0.1, -0.05) is 12.1 Å². The van der Waals surface area contributed by atoms with Gasteiger partial charge < -0.3 is 32.1 Å². The molecular formula is C23H38N6O4. The summed E-state index contributed by atoms with van der Waals surface area (Å²) in [7, 11) is 1.71. The van der Waals surface area contributed by atoms with E-state index < -0.39 is 11.6 Å². The van der Waals surface area contributed by atoms with Gasteiger partial charge in [0, 0.05) is 19.0 Å². The molecule has 0 saturated heterocycles. The van der Waals surface area contributed by atoms with Crippen molar-refractivity contribution in [1.29, 1.82) is 5.41 Å². The molecule has 0 heterocycles. The Morgan fingerprint density at radius 2 is 1.82 bits per heavy atom. The molecule has 1 aromatic carbocycles. The highest BCUT2D eigenvalue weighted by Gasteiger charge is 2.26. The summed E-state index contributed by atoms with van der Waals surface area (Å²) in [6.07, 6.45) is 1.62. The minimum absolute atomic E-state index is 0.0359. The molecule has 0 aromatic heterocycles. The largest absolute Gasteiger partial charge is 0.508 e. The van der Waals surface area contributed by atoms with Crippen LogP contribution in [0.1, 0.15) is 45.6 Å². The summed E-state index contributed by atoms with van der Waals surface area (Å²) in [4.78, 5) is 37.3. The molecular weight excluding hydrogens is 424 g/mol. The highest BCUT2D eigenvalue weighted by molar-refractivity contribution is 5.89. The lowest BCUT2D eigenvalue weighted by molar-refractivity contribution is -0.127. The quantitative estimate of drug-likeness (QED) is 0.110. The molecule has 10 nitrogen and oxygen atoms in total. The molecule has 184 valence electrons. The first-order chi connectivity index (χ1) is 15.4. The second kappa shape index (κ2) is 13.5. The second-order valence-corrected chi connectivity index (χ2v) is 8.66. The third kappa shape index (κ3) is 10.9. The number of amides is 1. The van der Waals surface area contributed by atoms with Crippen LogP contribution >= 0.6 is 0 Å². The normalized spacial score (nSPS) is 13.1. The van der Waals surface area contributed by atoms with Crippen LogP contribution in [0.2, 0.25) is 0 Å². The number of phenolic OH excluding ortho intramolecular Hbond substituents is 1. The number of Topliss-reactive ketones (excluding diaryl/α,β-unsaturated/α-hetero) is 2.